The van der Waals surface area contributed by atoms with Gasteiger partial charge >= 0.3 is 5.97 Å². The first-order valence-electron chi connectivity index (χ1n) is 8.51. The normalized spacial score (nSPS) is 25.5. The third-order valence-corrected chi connectivity index (χ3v) is 5.54. The molecule has 0 radical (unpaired) electrons. The Balaban J connectivity index is 0.00000280. The molecule has 3 aliphatic heterocycles. The maximum Gasteiger partial charge on any atom is 0.359 e. The van der Waals surface area contributed by atoms with Crippen molar-refractivity contribution in [3.8, 4) is 0 Å². The van der Waals surface area contributed by atoms with Crippen LogP contribution >= 0.6 is 11.6 Å². The molecule has 0 aliphatic carbocycles. The molecule has 154 valence electrons. The van der Waals surface area contributed by atoms with Crippen molar-refractivity contribution in [2.45, 2.75) is 18.9 Å². The maximum atomic E-state index is 12.3. The van der Waals surface area contributed by atoms with Crippen molar-refractivity contribution in [2.75, 3.05) is 37.6 Å². The number of carbonyl (C=O) groups excluding carboxylic acids is 1. The number of quaternary nitrogens is 1. The first-order chi connectivity index (χ1) is 12.7. The standard InChI is InChI=1S/C15H21ClN8O3.BrH/c16-11-13(18)22-12(17)10(21-11)14(27)23-15(19)20-8-5-24(6-9(25)26)3-1-7(8)2-4-24;/h7-8H,1-6H2,(H7-,17,18,19,20,22,23,25,26,27);1H. The summed E-state index contributed by atoms with van der Waals surface area (Å²) in [7, 11) is 0. The van der Waals surface area contributed by atoms with Gasteiger partial charge in [-0.2, -0.15) is 0 Å². The van der Waals surface area contributed by atoms with Crippen molar-refractivity contribution in [3.05, 3.63) is 10.8 Å². The Hall–Kier alpha value is -2.18. The van der Waals surface area contributed by atoms with E-state index in [9.17, 15) is 14.7 Å². The average Bonchev–Trinajstić information content (AvgIpc) is 2.57. The third-order valence-electron chi connectivity index (χ3n) is 5.26. The van der Waals surface area contributed by atoms with E-state index in [2.05, 4.69) is 20.6 Å². The number of rotatable bonds is 4. The average molecular weight is 478 g/mol. The summed E-state index contributed by atoms with van der Waals surface area (Å²) >= 11 is 5.77. The van der Waals surface area contributed by atoms with Crippen LogP contribution in [0.5, 0.6) is 0 Å². The lowest BCUT2D eigenvalue weighted by molar-refractivity contribution is -0.937. The quantitative estimate of drug-likeness (QED) is 0.145. The van der Waals surface area contributed by atoms with Gasteiger partial charge in [0.2, 0.25) is 0 Å². The lowest BCUT2D eigenvalue weighted by Crippen LogP contribution is -3.00. The zero-order valence-corrected chi connectivity index (χ0v) is 17.3. The molecule has 1 aromatic rings. The fourth-order valence-electron chi connectivity index (χ4n) is 3.96. The lowest BCUT2D eigenvalue weighted by Gasteiger charge is -2.52. The molecule has 1 amide bonds. The smallest absolute Gasteiger partial charge is 0.359 e. The van der Waals surface area contributed by atoms with E-state index in [0.29, 0.717) is 16.9 Å². The molecule has 2 bridgehead atoms. The molecular weight excluding hydrogens is 456 g/mol. The molecule has 4 heterocycles. The summed E-state index contributed by atoms with van der Waals surface area (Å²) in [6.45, 7) is 2.32. The summed E-state index contributed by atoms with van der Waals surface area (Å²) in [5, 5.41) is 22.4. The van der Waals surface area contributed by atoms with Gasteiger partial charge in [-0.3, -0.25) is 15.5 Å². The molecule has 28 heavy (non-hydrogen) atoms. The van der Waals surface area contributed by atoms with E-state index >= 15 is 0 Å². The van der Waals surface area contributed by atoms with Crippen molar-refractivity contribution >= 4 is 41.1 Å². The third kappa shape index (κ3) is 4.62. The summed E-state index contributed by atoms with van der Waals surface area (Å²) in [5.74, 6) is -1.69. The first-order valence-corrected chi connectivity index (χ1v) is 8.89. The number of anilines is 2. The van der Waals surface area contributed by atoms with Crippen LogP contribution in [-0.4, -0.2) is 69.6 Å². The van der Waals surface area contributed by atoms with Gasteiger partial charge in [-0.25, -0.2) is 14.8 Å². The van der Waals surface area contributed by atoms with Crippen LogP contribution in [0, 0.1) is 11.3 Å². The fraction of sp³-hybridized carbons (Fsp3) is 0.533. The number of hydrogen-bond donors (Lipinski definition) is 6. The van der Waals surface area contributed by atoms with Crippen molar-refractivity contribution in [1.29, 1.82) is 5.41 Å². The second kappa shape index (κ2) is 8.45. The number of nitrogen functional groups attached to an aromatic ring is 2. The minimum atomic E-state index is -0.827. The molecule has 8 N–H and O–H groups in total. The van der Waals surface area contributed by atoms with Crippen molar-refractivity contribution in [2.24, 2.45) is 5.92 Å². The number of nitrogens with zero attached hydrogens (tertiary/aromatic N) is 3. The number of nitrogens with two attached hydrogens (primary N) is 2. The molecule has 3 saturated heterocycles. The summed E-state index contributed by atoms with van der Waals surface area (Å²) in [6.07, 6.45) is 1.77. The zero-order chi connectivity index (χ0) is 19.8. The van der Waals surface area contributed by atoms with Gasteiger partial charge in [0.25, 0.3) is 5.91 Å². The lowest BCUT2D eigenvalue weighted by atomic mass is 9.81. The van der Waals surface area contributed by atoms with E-state index in [4.69, 9.17) is 28.5 Å². The topological polar surface area (TPSA) is 180 Å². The van der Waals surface area contributed by atoms with E-state index in [-0.39, 0.29) is 58.0 Å². The molecular formula is C15H22BrClN8O3. The zero-order valence-electron chi connectivity index (χ0n) is 14.9. The summed E-state index contributed by atoms with van der Waals surface area (Å²) in [6, 6.07) is -0.0851. The summed E-state index contributed by atoms with van der Waals surface area (Å²) < 4.78 is 0.497. The fourth-order valence-corrected chi connectivity index (χ4v) is 4.09. The van der Waals surface area contributed by atoms with E-state index in [1.54, 1.807) is 0 Å². The molecule has 3 fully saturated rings. The number of aliphatic carboxylic acids is 1. The number of aromatic nitrogens is 2. The van der Waals surface area contributed by atoms with Gasteiger partial charge in [-0.15, -0.1) is 0 Å². The largest absolute Gasteiger partial charge is 1.00 e. The SMILES string of the molecule is N=C(NC(=O)c1nc(Cl)c(N)nc1N)NC1C[N+]2(CC(=O)O)CCC1CC2.[Br-]. The number of fused-ring (bicyclic) bond motifs is 3. The Bertz CT molecular complexity index is 800. The Labute approximate surface area is 176 Å². The van der Waals surface area contributed by atoms with Crippen molar-refractivity contribution in [1.82, 2.24) is 20.6 Å². The maximum absolute atomic E-state index is 12.3. The summed E-state index contributed by atoms with van der Waals surface area (Å²) in [5.41, 5.74) is 10.9. The second-order valence-corrected chi connectivity index (χ2v) is 7.43. The van der Waals surface area contributed by atoms with Gasteiger partial charge in [0.15, 0.2) is 35.0 Å². The number of guanidine groups is 1. The van der Waals surface area contributed by atoms with E-state index < -0.39 is 11.9 Å². The number of halogens is 2. The van der Waals surface area contributed by atoms with Gasteiger partial charge in [-0.1, -0.05) is 11.6 Å². The second-order valence-electron chi connectivity index (χ2n) is 7.07. The number of nitrogens with one attached hydrogen (secondary N) is 3. The number of hydrogen-bond acceptors (Lipinski definition) is 7. The Morgan fingerprint density at radius 2 is 1.89 bits per heavy atom. The van der Waals surface area contributed by atoms with Crippen LogP contribution in [0.2, 0.25) is 5.15 Å². The first kappa shape index (κ1) is 22.1. The minimum Gasteiger partial charge on any atom is -1.00 e. The highest BCUT2D eigenvalue weighted by Crippen LogP contribution is 2.33. The van der Waals surface area contributed by atoms with Crippen LogP contribution in [0.25, 0.3) is 0 Å². The van der Waals surface area contributed by atoms with Crippen LogP contribution in [-0.2, 0) is 4.79 Å². The Kier molecular flexibility index (Phi) is 6.67. The van der Waals surface area contributed by atoms with Crippen LogP contribution in [0.15, 0.2) is 0 Å². The van der Waals surface area contributed by atoms with Crippen LogP contribution in [0.3, 0.4) is 0 Å². The highest BCUT2D eigenvalue weighted by molar-refractivity contribution is 6.31. The number of amides is 1. The van der Waals surface area contributed by atoms with E-state index in [1.165, 1.54) is 0 Å². The van der Waals surface area contributed by atoms with Gasteiger partial charge < -0.3 is 43.4 Å². The van der Waals surface area contributed by atoms with E-state index in [1.807, 2.05) is 0 Å². The molecule has 3 aliphatic rings. The molecule has 1 aromatic heterocycles. The van der Waals surface area contributed by atoms with E-state index in [0.717, 1.165) is 25.9 Å². The Morgan fingerprint density at radius 1 is 1.25 bits per heavy atom. The van der Waals surface area contributed by atoms with Crippen molar-refractivity contribution in [3.63, 3.8) is 0 Å². The van der Waals surface area contributed by atoms with Crippen LogP contribution < -0.4 is 39.1 Å². The highest BCUT2D eigenvalue weighted by Gasteiger charge is 2.47. The molecule has 1 unspecified atom stereocenters. The van der Waals surface area contributed by atoms with Gasteiger partial charge in [-0.05, 0) is 5.92 Å². The number of carboxylic acid groups (broad SMARTS) is 1. The van der Waals surface area contributed by atoms with Gasteiger partial charge in [0.05, 0.1) is 25.7 Å². The monoisotopic (exact) mass is 476 g/mol. The minimum absolute atomic E-state index is 0. The predicted molar refractivity (Wildman–Crippen MR) is 98.1 cm³/mol. The molecule has 1 atom stereocenters. The molecule has 11 nitrogen and oxygen atoms in total. The number of carbonyl (C=O) groups is 2. The van der Waals surface area contributed by atoms with Gasteiger partial charge in [0, 0.05) is 12.8 Å². The molecule has 0 saturated carbocycles. The number of piperidine rings is 3. The molecule has 0 spiro atoms. The number of carboxylic acids is 1. The summed E-state index contributed by atoms with van der Waals surface area (Å²) in [4.78, 5) is 31.0. The highest BCUT2D eigenvalue weighted by atomic mass is 79.9. The van der Waals surface area contributed by atoms with Gasteiger partial charge in [0.1, 0.15) is 0 Å². The Morgan fingerprint density at radius 3 is 2.50 bits per heavy atom. The molecule has 0 aromatic carbocycles. The molecule has 13 heteroatoms. The predicted octanol–water partition coefficient (Wildman–Crippen LogP) is -3.75. The van der Waals surface area contributed by atoms with Crippen LogP contribution in [0.4, 0.5) is 11.6 Å². The van der Waals surface area contributed by atoms with Crippen molar-refractivity contribution < 1.29 is 36.2 Å². The molecule has 4 rings (SSSR count). The van der Waals surface area contributed by atoms with Crippen LogP contribution in [0.1, 0.15) is 23.3 Å².